The molecule has 2 aliphatic heterocycles. The number of urea groups is 1. The second kappa shape index (κ2) is 9.97. The summed E-state index contributed by atoms with van der Waals surface area (Å²) in [6, 6.07) is 8.70. The lowest BCUT2D eigenvalue weighted by atomic mass is 10.1. The van der Waals surface area contributed by atoms with Crippen LogP contribution < -0.4 is 15.5 Å². The van der Waals surface area contributed by atoms with Crippen molar-refractivity contribution in [1.29, 1.82) is 0 Å². The minimum absolute atomic E-state index is 0.0309. The smallest absolute Gasteiger partial charge is 0.317 e. The lowest BCUT2D eigenvalue weighted by Crippen LogP contribution is -2.53. The number of carbonyl (C=O) groups excluding carboxylic acids is 3. The number of carbonyl (C=O) groups is 3. The molecule has 2 fully saturated rings. The van der Waals surface area contributed by atoms with Crippen LogP contribution in [0, 0.1) is 0 Å². The van der Waals surface area contributed by atoms with E-state index in [-0.39, 0.29) is 29.6 Å². The molecule has 9 heteroatoms. The number of amides is 4. The maximum absolute atomic E-state index is 13.4. The van der Waals surface area contributed by atoms with E-state index in [0.717, 1.165) is 31.6 Å². The summed E-state index contributed by atoms with van der Waals surface area (Å²) in [4.78, 5) is 43.9. The Kier molecular flexibility index (Phi) is 6.86. The first-order chi connectivity index (χ1) is 15.9. The summed E-state index contributed by atoms with van der Waals surface area (Å²) in [6.07, 6.45) is 3.45. The summed E-state index contributed by atoms with van der Waals surface area (Å²) < 4.78 is 5.17. The zero-order chi connectivity index (χ0) is 23.4. The van der Waals surface area contributed by atoms with Gasteiger partial charge in [0.2, 0.25) is 0 Å². The molecule has 0 aliphatic carbocycles. The van der Waals surface area contributed by atoms with Crippen molar-refractivity contribution in [2.75, 3.05) is 49.5 Å². The molecule has 0 atom stereocenters. The standard InChI is InChI=1S/C24H31N5O4/c1-17(2)25-24(32)29-13-11-27(12-14-29)20-8-7-18(26-22(30)21-6-5-15-33-21)16-19(20)23(31)28-9-3-4-10-28/h5-8,15-17H,3-4,9-14H2,1-2H3,(H,25,32)(H,26,30). The second-order valence-corrected chi connectivity index (χ2v) is 8.74. The van der Waals surface area contributed by atoms with Crippen LogP contribution in [0.3, 0.4) is 0 Å². The molecule has 1 aromatic carbocycles. The molecule has 0 spiro atoms. The van der Waals surface area contributed by atoms with Crippen molar-refractivity contribution in [2.45, 2.75) is 32.7 Å². The zero-order valence-corrected chi connectivity index (χ0v) is 19.2. The highest BCUT2D eigenvalue weighted by molar-refractivity contribution is 6.05. The summed E-state index contributed by atoms with van der Waals surface area (Å²) >= 11 is 0. The molecule has 0 unspecified atom stereocenters. The highest BCUT2D eigenvalue weighted by atomic mass is 16.3. The largest absolute Gasteiger partial charge is 0.459 e. The Morgan fingerprint density at radius 2 is 1.67 bits per heavy atom. The average Bonchev–Trinajstić information content (AvgIpc) is 3.53. The van der Waals surface area contributed by atoms with Gasteiger partial charge in [0.05, 0.1) is 11.8 Å². The van der Waals surface area contributed by atoms with Crippen LogP contribution in [0.25, 0.3) is 0 Å². The van der Waals surface area contributed by atoms with Gasteiger partial charge in [-0.25, -0.2) is 4.79 Å². The van der Waals surface area contributed by atoms with Crippen LogP contribution >= 0.6 is 0 Å². The fourth-order valence-corrected chi connectivity index (χ4v) is 4.24. The number of hydrogen-bond acceptors (Lipinski definition) is 5. The molecule has 2 N–H and O–H groups in total. The first-order valence-corrected chi connectivity index (χ1v) is 11.5. The third kappa shape index (κ3) is 5.30. The molecule has 9 nitrogen and oxygen atoms in total. The molecule has 0 radical (unpaired) electrons. The number of furan rings is 1. The van der Waals surface area contributed by atoms with E-state index in [0.29, 0.717) is 37.4 Å². The predicted octanol–water partition coefficient (Wildman–Crippen LogP) is 3.01. The summed E-state index contributed by atoms with van der Waals surface area (Å²) in [7, 11) is 0. The maximum Gasteiger partial charge on any atom is 0.317 e. The van der Waals surface area contributed by atoms with Gasteiger partial charge in [0.1, 0.15) is 0 Å². The Balaban J connectivity index is 1.53. The van der Waals surface area contributed by atoms with E-state index in [1.165, 1.54) is 6.26 Å². The van der Waals surface area contributed by atoms with E-state index >= 15 is 0 Å². The van der Waals surface area contributed by atoms with Crippen molar-refractivity contribution in [3.63, 3.8) is 0 Å². The topological polar surface area (TPSA) is 98.1 Å². The van der Waals surface area contributed by atoms with Gasteiger partial charge in [-0.05, 0) is 57.0 Å². The molecular formula is C24H31N5O4. The van der Waals surface area contributed by atoms with Gasteiger partial charge in [0.25, 0.3) is 11.8 Å². The Morgan fingerprint density at radius 3 is 2.30 bits per heavy atom. The van der Waals surface area contributed by atoms with E-state index in [1.807, 2.05) is 24.8 Å². The van der Waals surface area contributed by atoms with Crippen molar-refractivity contribution >= 4 is 29.2 Å². The highest BCUT2D eigenvalue weighted by Crippen LogP contribution is 2.28. The minimum Gasteiger partial charge on any atom is -0.459 e. The Hall–Kier alpha value is -3.49. The van der Waals surface area contributed by atoms with E-state index in [1.54, 1.807) is 29.2 Å². The van der Waals surface area contributed by atoms with Crippen molar-refractivity contribution in [1.82, 2.24) is 15.1 Å². The number of likely N-dealkylation sites (tertiary alicyclic amines) is 1. The van der Waals surface area contributed by atoms with E-state index in [2.05, 4.69) is 15.5 Å². The van der Waals surface area contributed by atoms with Crippen LogP contribution in [0.15, 0.2) is 41.0 Å². The monoisotopic (exact) mass is 453 g/mol. The van der Waals surface area contributed by atoms with E-state index in [4.69, 9.17) is 4.42 Å². The maximum atomic E-state index is 13.4. The Bertz CT molecular complexity index is 990. The number of anilines is 2. The van der Waals surface area contributed by atoms with Gasteiger partial charge in [-0.15, -0.1) is 0 Å². The Morgan fingerprint density at radius 1 is 0.939 bits per heavy atom. The van der Waals surface area contributed by atoms with Crippen LogP contribution in [-0.4, -0.2) is 73.0 Å². The summed E-state index contributed by atoms with van der Waals surface area (Å²) in [6.45, 7) is 7.77. The van der Waals surface area contributed by atoms with Gasteiger partial charge >= 0.3 is 6.03 Å². The molecule has 176 valence electrons. The van der Waals surface area contributed by atoms with Crippen molar-refractivity contribution in [3.8, 4) is 0 Å². The molecular weight excluding hydrogens is 422 g/mol. The lowest BCUT2D eigenvalue weighted by Gasteiger charge is -2.37. The molecule has 4 amide bonds. The summed E-state index contributed by atoms with van der Waals surface area (Å²) in [5.74, 6) is -0.184. The van der Waals surface area contributed by atoms with Crippen LogP contribution in [0.2, 0.25) is 0 Å². The van der Waals surface area contributed by atoms with Gasteiger partial charge in [0.15, 0.2) is 5.76 Å². The number of nitrogens with zero attached hydrogens (tertiary/aromatic N) is 3. The lowest BCUT2D eigenvalue weighted by molar-refractivity contribution is 0.0792. The van der Waals surface area contributed by atoms with Crippen LogP contribution in [0.1, 0.15) is 47.6 Å². The van der Waals surface area contributed by atoms with Gasteiger partial charge in [-0.2, -0.15) is 0 Å². The molecule has 3 heterocycles. The van der Waals surface area contributed by atoms with Crippen LogP contribution in [0.5, 0.6) is 0 Å². The SMILES string of the molecule is CC(C)NC(=O)N1CCN(c2ccc(NC(=O)c3ccco3)cc2C(=O)N2CCCC2)CC1. The van der Waals surface area contributed by atoms with Crippen molar-refractivity contribution < 1.29 is 18.8 Å². The summed E-state index contributed by atoms with van der Waals surface area (Å²) in [5.41, 5.74) is 1.93. The molecule has 1 aromatic heterocycles. The van der Waals surface area contributed by atoms with Gasteiger partial charge < -0.3 is 29.8 Å². The quantitative estimate of drug-likeness (QED) is 0.725. The van der Waals surface area contributed by atoms with Crippen LogP contribution in [-0.2, 0) is 0 Å². The number of nitrogens with one attached hydrogen (secondary N) is 2. The van der Waals surface area contributed by atoms with Gasteiger partial charge in [-0.3, -0.25) is 9.59 Å². The number of benzene rings is 1. The zero-order valence-electron chi connectivity index (χ0n) is 19.2. The average molecular weight is 454 g/mol. The molecule has 2 aromatic rings. The first kappa shape index (κ1) is 22.7. The predicted molar refractivity (Wildman–Crippen MR) is 126 cm³/mol. The van der Waals surface area contributed by atoms with E-state index < -0.39 is 0 Å². The summed E-state index contributed by atoms with van der Waals surface area (Å²) in [5, 5.41) is 5.75. The fourth-order valence-electron chi connectivity index (χ4n) is 4.24. The highest BCUT2D eigenvalue weighted by Gasteiger charge is 2.28. The number of rotatable bonds is 5. The molecule has 2 aliphatic rings. The second-order valence-electron chi connectivity index (χ2n) is 8.74. The van der Waals surface area contributed by atoms with Crippen molar-refractivity contribution in [3.05, 3.63) is 47.9 Å². The molecule has 2 saturated heterocycles. The first-order valence-electron chi connectivity index (χ1n) is 11.5. The third-order valence-electron chi connectivity index (χ3n) is 5.94. The molecule has 0 bridgehead atoms. The number of piperazine rings is 1. The van der Waals surface area contributed by atoms with Crippen molar-refractivity contribution in [2.24, 2.45) is 0 Å². The molecule has 33 heavy (non-hydrogen) atoms. The normalized spacial score (nSPS) is 16.3. The molecule has 0 saturated carbocycles. The number of hydrogen-bond donors (Lipinski definition) is 2. The molecule has 4 rings (SSSR count). The van der Waals surface area contributed by atoms with Gasteiger partial charge in [0, 0.05) is 56.7 Å². The van der Waals surface area contributed by atoms with Gasteiger partial charge in [-0.1, -0.05) is 0 Å². The van der Waals surface area contributed by atoms with E-state index in [9.17, 15) is 14.4 Å². The minimum atomic E-state index is -0.364. The Labute approximate surface area is 193 Å². The fraction of sp³-hybridized carbons (Fsp3) is 0.458. The van der Waals surface area contributed by atoms with Crippen LogP contribution in [0.4, 0.5) is 16.2 Å². The third-order valence-corrected chi connectivity index (χ3v) is 5.94.